The first-order valence-corrected chi connectivity index (χ1v) is 7.86. The smallest absolute Gasteiger partial charge is 0.271 e. The Balaban J connectivity index is 2.27. The number of non-ortho nitro benzene ring substituents is 1. The molecule has 0 saturated heterocycles. The third-order valence-electron chi connectivity index (χ3n) is 3.50. The maximum Gasteiger partial charge on any atom is 0.271 e. The van der Waals surface area contributed by atoms with Gasteiger partial charge < -0.3 is 14.8 Å². The first-order chi connectivity index (χ1) is 12.9. The van der Waals surface area contributed by atoms with Gasteiger partial charge in [0.15, 0.2) is 11.5 Å². The van der Waals surface area contributed by atoms with Crippen LogP contribution in [-0.2, 0) is 4.79 Å². The minimum Gasteiger partial charge on any atom is -0.493 e. The molecule has 8 nitrogen and oxygen atoms in total. The minimum absolute atomic E-state index is 0.0130. The van der Waals surface area contributed by atoms with Gasteiger partial charge in [-0.2, -0.15) is 5.26 Å². The van der Waals surface area contributed by atoms with Crippen molar-refractivity contribution >= 4 is 35.0 Å². The van der Waals surface area contributed by atoms with Gasteiger partial charge in [-0.3, -0.25) is 14.9 Å². The second-order valence-corrected chi connectivity index (χ2v) is 5.57. The van der Waals surface area contributed by atoms with Crippen molar-refractivity contribution in [3.05, 3.63) is 62.7 Å². The summed E-state index contributed by atoms with van der Waals surface area (Å²) in [5.41, 5.74) is 0.311. The van der Waals surface area contributed by atoms with Gasteiger partial charge in [-0.05, 0) is 29.8 Å². The molecule has 0 radical (unpaired) electrons. The first-order valence-electron chi connectivity index (χ1n) is 7.48. The summed E-state index contributed by atoms with van der Waals surface area (Å²) in [7, 11) is 2.97. The Morgan fingerprint density at radius 3 is 2.48 bits per heavy atom. The molecular weight excluding hydrogens is 374 g/mol. The minimum atomic E-state index is -0.706. The molecule has 27 heavy (non-hydrogen) atoms. The molecular formula is C18H14ClN3O5. The van der Waals surface area contributed by atoms with E-state index >= 15 is 0 Å². The summed E-state index contributed by atoms with van der Waals surface area (Å²) in [6.45, 7) is 0. The third kappa shape index (κ3) is 4.74. The molecule has 0 bridgehead atoms. The highest BCUT2D eigenvalue weighted by Crippen LogP contribution is 2.29. The number of halogens is 1. The molecule has 0 atom stereocenters. The fraction of sp³-hybridized carbons (Fsp3) is 0.111. The van der Waals surface area contributed by atoms with Crippen molar-refractivity contribution in [2.45, 2.75) is 0 Å². The zero-order chi connectivity index (χ0) is 20.0. The molecule has 0 unspecified atom stereocenters. The van der Waals surface area contributed by atoms with Crippen LogP contribution in [0.15, 0.2) is 42.0 Å². The molecule has 0 aromatic heterocycles. The van der Waals surface area contributed by atoms with E-state index in [1.165, 1.54) is 32.4 Å². The molecule has 1 N–H and O–H groups in total. The summed E-state index contributed by atoms with van der Waals surface area (Å²) in [6, 6.07) is 10.3. The molecule has 0 aliphatic carbocycles. The van der Waals surface area contributed by atoms with Crippen molar-refractivity contribution < 1.29 is 19.2 Å². The summed E-state index contributed by atoms with van der Waals surface area (Å²) in [4.78, 5) is 22.5. The van der Waals surface area contributed by atoms with Crippen molar-refractivity contribution in [2.75, 3.05) is 19.5 Å². The molecule has 1 amide bonds. The molecule has 0 fully saturated rings. The fourth-order valence-corrected chi connectivity index (χ4v) is 2.39. The topological polar surface area (TPSA) is 114 Å². The van der Waals surface area contributed by atoms with Crippen LogP contribution >= 0.6 is 11.6 Å². The number of hydrogen-bond donors (Lipinski definition) is 1. The standard InChI is InChI=1S/C18H14ClN3O5/c1-26-16-6-3-11(8-17(16)27-2)7-12(10-20)18(23)21-15-5-4-13(22(24)25)9-14(15)19/h3-9H,1-2H3,(H,21,23). The van der Waals surface area contributed by atoms with Crippen LogP contribution in [0.3, 0.4) is 0 Å². The number of ether oxygens (including phenoxy) is 2. The number of nitrogens with zero attached hydrogens (tertiary/aromatic N) is 2. The highest BCUT2D eigenvalue weighted by Gasteiger charge is 2.15. The van der Waals surface area contributed by atoms with Crippen LogP contribution in [0.2, 0.25) is 5.02 Å². The zero-order valence-corrected chi connectivity index (χ0v) is 15.1. The number of anilines is 1. The SMILES string of the molecule is COc1ccc(C=C(C#N)C(=O)Nc2ccc([N+](=O)[O-])cc2Cl)cc1OC. The van der Waals surface area contributed by atoms with Gasteiger partial charge in [0.1, 0.15) is 11.6 Å². The number of nitro groups is 1. The van der Waals surface area contributed by atoms with Gasteiger partial charge in [-0.15, -0.1) is 0 Å². The summed E-state index contributed by atoms with van der Waals surface area (Å²) in [6.07, 6.45) is 1.37. The average molecular weight is 388 g/mol. The molecule has 0 aliphatic heterocycles. The van der Waals surface area contributed by atoms with E-state index in [-0.39, 0.29) is 22.0 Å². The van der Waals surface area contributed by atoms with E-state index in [1.54, 1.807) is 18.2 Å². The van der Waals surface area contributed by atoms with Crippen molar-refractivity contribution in [1.82, 2.24) is 0 Å². The molecule has 9 heteroatoms. The van der Waals surface area contributed by atoms with Gasteiger partial charge in [0, 0.05) is 12.1 Å². The van der Waals surface area contributed by atoms with E-state index in [9.17, 15) is 20.2 Å². The van der Waals surface area contributed by atoms with E-state index in [2.05, 4.69) is 5.32 Å². The predicted molar refractivity (Wildman–Crippen MR) is 99.9 cm³/mol. The number of carbonyl (C=O) groups is 1. The Hall–Kier alpha value is -3.57. The molecule has 0 spiro atoms. The normalized spacial score (nSPS) is 10.7. The Morgan fingerprint density at radius 1 is 1.22 bits per heavy atom. The summed E-state index contributed by atoms with van der Waals surface area (Å²) in [5.74, 6) is 0.251. The summed E-state index contributed by atoms with van der Waals surface area (Å²) < 4.78 is 10.3. The monoisotopic (exact) mass is 387 g/mol. The molecule has 2 aromatic carbocycles. The lowest BCUT2D eigenvalue weighted by Gasteiger charge is -2.09. The molecule has 0 saturated carbocycles. The van der Waals surface area contributed by atoms with E-state index in [0.717, 1.165) is 6.07 Å². The maximum atomic E-state index is 12.3. The van der Waals surface area contributed by atoms with Crippen molar-refractivity contribution in [1.29, 1.82) is 5.26 Å². The largest absolute Gasteiger partial charge is 0.493 e. The molecule has 2 aromatic rings. The number of nitro benzene ring substituents is 1. The number of nitrogens with one attached hydrogen (secondary N) is 1. The first kappa shape index (κ1) is 19.8. The Morgan fingerprint density at radius 2 is 1.93 bits per heavy atom. The van der Waals surface area contributed by atoms with Crippen molar-refractivity contribution in [3.8, 4) is 17.6 Å². The van der Waals surface area contributed by atoms with Crippen molar-refractivity contribution in [2.24, 2.45) is 0 Å². The van der Waals surface area contributed by atoms with Gasteiger partial charge in [0.25, 0.3) is 11.6 Å². The number of benzene rings is 2. The average Bonchev–Trinajstić information content (AvgIpc) is 2.67. The zero-order valence-electron chi connectivity index (χ0n) is 14.4. The number of hydrogen-bond acceptors (Lipinski definition) is 6. The van der Waals surface area contributed by atoms with Crippen LogP contribution in [0, 0.1) is 21.4 Å². The van der Waals surface area contributed by atoms with Gasteiger partial charge in [0.2, 0.25) is 0 Å². The van der Waals surface area contributed by atoms with Crippen LogP contribution in [0.5, 0.6) is 11.5 Å². The quantitative estimate of drug-likeness (QED) is 0.349. The second-order valence-electron chi connectivity index (χ2n) is 5.16. The van der Waals surface area contributed by atoms with Crippen LogP contribution in [0.1, 0.15) is 5.56 Å². The van der Waals surface area contributed by atoms with E-state index in [4.69, 9.17) is 21.1 Å². The lowest BCUT2D eigenvalue weighted by Crippen LogP contribution is -2.13. The Bertz CT molecular complexity index is 966. The Labute approximate surface area is 159 Å². The van der Waals surface area contributed by atoms with Crippen LogP contribution in [0.4, 0.5) is 11.4 Å². The number of nitriles is 1. The second kappa shape index (κ2) is 8.69. The molecule has 2 rings (SSSR count). The van der Waals surface area contributed by atoms with Gasteiger partial charge in [-0.1, -0.05) is 17.7 Å². The molecule has 0 aliphatic rings. The molecule has 0 heterocycles. The van der Waals surface area contributed by atoms with E-state index < -0.39 is 10.8 Å². The van der Waals surface area contributed by atoms with Gasteiger partial charge in [0.05, 0.1) is 29.9 Å². The number of rotatable bonds is 6. The van der Waals surface area contributed by atoms with Crippen LogP contribution in [-0.4, -0.2) is 25.1 Å². The predicted octanol–water partition coefficient (Wildman–Crippen LogP) is 3.81. The lowest BCUT2D eigenvalue weighted by atomic mass is 10.1. The lowest BCUT2D eigenvalue weighted by molar-refractivity contribution is -0.384. The number of methoxy groups -OCH3 is 2. The van der Waals surface area contributed by atoms with Crippen LogP contribution in [0.25, 0.3) is 6.08 Å². The number of amides is 1. The molecule has 138 valence electrons. The van der Waals surface area contributed by atoms with Crippen LogP contribution < -0.4 is 14.8 Å². The van der Waals surface area contributed by atoms with Gasteiger partial charge in [-0.25, -0.2) is 0 Å². The van der Waals surface area contributed by atoms with E-state index in [1.807, 2.05) is 6.07 Å². The van der Waals surface area contributed by atoms with E-state index in [0.29, 0.717) is 17.1 Å². The third-order valence-corrected chi connectivity index (χ3v) is 3.81. The highest BCUT2D eigenvalue weighted by molar-refractivity contribution is 6.34. The fourth-order valence-electron chi connectivity index (χ4n) is 2.17. The van der Waals surface area contributed by atoms with Crippen molar-refractivity contribution in [3.63, 3.8) is 0 Å². The van der Waals surface area contributed by atoms with Gasteiger partial charge >= 0.3 is 0 Å². The number of carbonyl (C=O) groups excluding carboxylic acids is 1. The highest BCUT2D eigenvalue weighted by atomic mass is 35.5. The summed E-state index contributed by atoms with van der Waals surface area (Å²) >= 11 is 5.95. The Kier molecular flexibility index (Phi) is 6.36. The summed E-state index contributed by atoms with van der Waals surface area (Å²) in [5, 5.41) is 22.5. The maximum absolute atomic E-state index is 12.3.